The molecule has 152 valence electrons. The summed E-state index contributed by atoms with van der Waals surface area (Å²) in [5.74, 6) is 1.49. The van der Waals surface area contributed by atoms with Gasteiger partial charge in [0.2, 0.25) is 5.91 Å². The summed E-state index contributed by atoms with van der Waals surface area (Å²) in [5.41, 5.74) is 3.43. The number of carbonyl (C=O) groups excluding carboxylic acids is 1. The van der Waals surface area contributed by atoms with Gasteiger partial charge in [0.05, 0.1) is 12.2 Å². The number of amides is 1. The van der Waals surface area contributed by atoms with Gasteiger partial charge in [-0.15, -0.1) is 16.8 Å². The molecule has 0 saturated carbocycles. The number of hydrogen-bond donors (Lipinski definition) is 1. The van der Waals surface area contributed by atoms with Gasteiger partial charge in [-0.2, -0.15) is 5.10 Å². The maximum Gasteiger partial charge on any atom is 0.222 e. The molecule has 7 nitrogen and oxygen atoms in total. The van der Waals surface area contributed by atoms with Gasteiger partial charge in [0.25, 0.3) is 0 Å². The van der Waals surface area contributed by atoms with Gasteiger partial charge in [0.1, 0.15) is 0 Å². The summed E-state index contributed by atoms with van der Waals surface area (Å²) in [4.78, 5) is 12.2. The van der Waals surface area contributed by atoms with E-state index in [-0.39, 0.29) is 5.91 Å². The van der Waals surface area contributed by atoms with Crippen LogP contribution >= 0.6 is 11.8 Å². The molecule has 1 N–H and O–H groups in total. The summed E-state index contributed by atoms with van der Waals surface area (Å²) in [7, 11) is 0. The molecule has 0 aliphatic heterocycles. The lowest BCUT2D eigenvalue weighted by Gasteiger charge is -2.09. The molecule has 0 radical (unpaired) electrons. The van der Waals surface area contributed by atoms with Crippen LogP contribution in [0.4, 0.5) is 0 Å². The fourth-order valence-corrected chi connectivity index (χ4v) is 3.80. The molecule has 0 unspecified atom stereocenters. The Morgan fingerprint density at radius 3 is 2.86 bits per heavy atom. The standard InChI is InChI=1S/C21H26N6OS/c1-4-10-27-19(14-22-20(28)9-12-26-11-8-17(3)25-26)23-24-21(27)29-15-18-7-5-6-16(2)13-18/h4-8,11,13H,1,9-10,12,14-15H2,2-3H3,(H,22,28). The number of hydrogen-bond acceptors (Lipinski definition) is 5. The molecule has 29 heavy (non-hydrogen) atoms. The van der Waals surface area contributed by atoms with Crippen LogP contribution in [0.1, 0.15) is 29.1 Å². The maximum absolute atomic E-state index is 12.2. The quantitative estimate of drug-likeness (QED) is 0.410. The Hall–Kier alpha value is -2.87. The van der Waals surface area contributed by atoms with Crippen LogP contribution in [-0.2, 0) is 30.2 Å². The third kappa shape index (κ3) is 6.05. The van der Waals surface area contributed by atoms with Crippen LogP contribution in [0.3, 0.4) is 0 Å². The van der Waals surface area contributed by atoms with Gasteiger partial charge in [-0.05, 0) is 25.5 Å². The van der Waals surface area contributed by atoms with Crippen LogP contribution in [0.2, 0.25) is 0 Å². The molecule has 8 heteroatoms. The lowest BCUT2D eigenvalue weighted by Crippen LogP contribution is -2.25. The molecule has 1 aromatic carbocycles. The molecule has 2 aromatic heterocycles. The van der Waals surface area contributed by atoms with E-state index >= 15 is 0 Å². The zero-order valence-electron chi connectivity index (χ0n) is 16.8. The molecular weight excluding hydrogens is 384 g/mol. The van der Waals surface area contributed by atoms with Crippen molar-refractivity contribution in [1.29, 1.82) is 0 Å². The topological polar surface area (TPSA) is 77.6 Å². The third-order valence-corrected chi connectivity index (χ3v) is 5.38. The minimum Gasteiger partial charge on any atom is -0.349 e. The van der Waals surface area contributed by atoms with Crippen LogP contribution in [0.25, 0.3) is 0 Å². The van der Waals surface area contributed by atoms with Crippen LogP contribution in [0.15, 0.2) is 54.3 Å². The minimum atomic E-state index is -0.0414. The molecule has 0 fully saturated rings. The molecule has 0 atom stereocenters. The highest BCUT2D eigenvalue weighted by Gasteiger charge is 2.13. The normalized spacial score (nSPS) is 10.8. The van der Waals surface area contributed by atoms with Gasteiger partial charge in [0.15, 0.2) is 11.0 Å². The van der Waals surface area contributed by atoms with E-state index in [9.17, 15) is 4.79 Å². The second-order valence-electron chi connectivity index (χ2n) is 6.82. The Balaban J connectivity index is 1.55. The number of rotatable bonds is 10. The number of nitrogens with zero attached hydrogens (tertiary/aromatic N) is 5. The molecular formula is C21H26N6OS. The first-order valence-corrected chi connectivity index (χ1v) is 10.5. The molecule has 0 bridgehead atoms. The van der Waals surface area contributed by atoms with Crippen molar-refractivity contribution >= 4 is 17.7 Å². The predicted molar refractivity (Wildman–Crippen MR) is 114 cm³/mol. The average Bonchev–Trinajstić information content (AvgIpc) is 3.29. The smallest absolute Gasteiger partial charge is 0.222 e. The first-order chi connectivity index (χ1) is 14.0. The molecule has 0 aliphatic carbocycles. The number of aryl methyl sites for hydroxylation is 3. The van der Waals surface area contributed by atoms with E-state index in [2.05, 4.69) is 58.4 Å². The Morgan fingerprint density at radius 2 is 2.14 bits per heavy atom. The summed E-state index contributed by atoms with van der Waals surface area (Å²) >= 11 is 1.63. The number of carbonyl (C=O) groups is 1. The largest absolute Gasteiger partial charge is 0.349 e. The highest BCUT2D eigenvalue weighted by molar-refractivity contribution is 7.98. The van der Waals surface area contributed by atoms with E-state index in [1.54, 1.807) is 16.4 Å². The fourth-order valence-electron chi connectivity index (χ4n) is 2.89. The van der Waals surface area contributed by atoms with Crippen molar-refractivity contribution in [2.45, 2.75) is 50.8 Å². The Bertz CT molecular complexity index is 977. The van der Waals surface area contributed by atoms with Gasteiger partial charge in [-0.3, -0.25) is 9.48 Å². The first-order valence-electron chi connectivity index (χ1n) is 9.53. The van der Waals surface area contributed by atoms with Crippen molar-refractivity contribution in [3.05, 3.63) is 71.8 Å². The monoisotopic (exact) mass is 410 g/mol. The SMILES string of the molecule is C=CCn1c(CNC(=O)CCn2ccc(C)n2)nnc1SCc1cccc(C)c1. The van der Waals surface area contributed by atoms with Crippen LogP contribution < -0.4 is 5.32 Å². The van der Waals surface area contributed by atoms with Crippen LogP contribution in [0, 0.1) is 13.8 Å². The molecule has 3 rings (SSSR count). The summed E-state index contributed by atoms with van der Waals surface area (Å²) in [6.07, 6.45) is 4.05. The highest BCUT2D eigenvalue weighted by atomic mass is 32.2. The lowest BCUT2D eigenvalue weighted by molar-refractivity contribution is -0.121. The summed E-state index contributed by atoms with van der Waals surface area (Å²) in [6, 6.07) is 10.3. The Kier molecular flexibility index (Phi) is 7.24. The number of thioether (sulfide) groups is 1. The molecule has 2 heterocycles. The van der Waals surface area contributed by atoms with Crippen molar-refractivity contribution < 1.29 is 4.79 Å². The highest BCUT2D eigenvalue weighted by Crippen LogP contribution is 2.22. The van der Waals surface area contributed by atoms with Crippen molar-refractivity contribution in [3.8, 4) is 0 Å². The molecule has 0 spiro atoms. The molecule has 1 amide bonds. The Labute approximate surface area is 175 Å². The third-order valence-electron chi connectivity index (χ3n) is 4.34. The van der Waals surface area contributed by atoms with Gasteiger partial charge in [-0.1, -0.05) is 47.7 Å². The van der Waals surface area contributed by atoms with Gasteiger partial charge in [0, 0.05) is 31.5 Å². The lowest BCUT2D eigenvalue weighted by atomic mass is 10.2. The first kappa shape index (κ1) is 20.9. The summed E-state index contributed by atoms with van der Waals surface area (Å²) < 4.78 is 3.76. The zero-order chi connectivity index (χ0) is 20.6. The zero-order valence-corrected chi connectivity index (χ0v) is 17.7. The van der Waals surface area contributed by atoms with Gasteiger partial charge >= 0.3 is 0 Å². The molecule has 3 aromatic rings. The second-order valence-corrected chi connectivity index (χ2v) is 7.77. The van der Waals surface area contributed by atoms with Gasteiger partial charge in [-0.25, -0.2) is 0 Å². The van der Waals surface area contributed by atoms with Crippen molar-refractivity contribution in [1.82, 2.24) is 29.9 Å². The van der Waals surface area contributed by atoms with Gasteiger partial charge < -0.3 is 9.88 Å². The minimum absolute atomic E-state index is 0.0414. The van der Waals surface area contributed by atoms with E-state index < -0.39 is 0 Å². The summed E-state index contributed by atoms with van der Waals surface area (Å²) in [5, 5.41) is 16.6. The average molecular weight is 411 g/mol. The number of allylic oxidation sites excluding steroid dienone is 1. The van der Waals surface area contributed by atoms with Crippen LogP contribution in [0.5, 0.6) is 0 Å². The fraction of sp³-hybridized carbons (Fsp3) is 0.333. The van der Waals surface area contributed by atoms with E-state index in [0.717, 1.165) is 22.4 Å². The van der Waals surface area contributed by atoms with E-state index in [1.807, 2.05) is 29.8 Å². The van der Waals surface area contributed by atoms with Crippen LogP contribution in [-0.4, -0.2) is 30.5 Å². The number of aromatic nitrogens is 5. The second kappa shape index (κ2) is 10.1. The molecule has 0 saturated heterocycles. The van der Waals surface area contributed by atoms with E-state index in [0.29, 0.717) is 26.1 Å². The molecule has 0 aliphatic rings. The maximum atomic E-state index is 12.2. The Morgan fingerprint density at radius 1 is 1.28 bits per heavy atom. The number of benzene rings is 1. The predicted octanol–water partition coefficient (Wildman–Crippen LogP) is 3.28. The number of nitrogens with one attached hydrogen (secondary N) is 1. The summed E-state index contributed by atoms with van der Waals surface area (Å²) in [6.45, 7) is 9.33. The van der Waals surface area contributed by atoms with Crippen molar-refractivity contribution in [3.63, 3.8) is 0 Å². The van der Waals surface area contributed by atoms with Crippen molar-refractivity contribution in [2.24, 2.45) is 0 Å². The van der Waals surface area contributed by atoms with E-state index in [4.69, 9.17) is 0 Å². The van der Waals surface area contributed by atoms with E-state index in [1.165, 1.54) is 11.1 Å². The van der Waals surface area contributed by atoms with Crippen molar-refractivity contribution in [2.75, 3.05) is 0 Å².